The predicted molar refractivity (Wildman–Crippen MR) is 64.1 cm³/mol. The molecule has 98 valence electrons. The Morgan fingerprint density at radius 1 is 1.21 bits per heavy atom. The minimum absolute atomic E-state index is 0.287. The van der Waals surface area contributed by atoms with Gasteiger partial charge in [0.15, 0.2) is 0 Å². The maximum atomic E-state index is 11.9. The van der Waals surface area contributed by atoms with Crippen LogP contribution >= 0.6 is 0 Å². The summed E-state index contributed by atoms with van der Waals surface area (Å²) in [6.07, 6.45) is 1.34. The highest BCUT2D eigenvalue weighted by Gasteiger charge is 2.37. The zero-order valence-corrected chi connectivity index (χ0v) is 10.1. The first kappa shape index (κ1) is 11.7. The van der Waals surface area contributed by atoms with Gasteiger partial charge in [0.25, 0.3) is 11.8 Å². The summed E-state index contributed by atoms with van der Waals surface area (Å²) in [5.74, 6) is -0.652. The third-order valence-corrected chi connectivity index (χ3v) is 3.14. The highest BCUT2D eigenvalue weighted by Crippen LogP contribution is 2.28. The number of amides is 3. The minimum Gasteiger partial charge on any atom is -0.448 e. The van der Waals surface area contributed by atoms with Crippen LogP contribution in [0, 0.1) is 5.92 Å². The summed E-state index contributed by atoms with van der Waals surface area (Å²) in [6.45, 7) is 0.328. The average molecular weight is 260 g/mol. The highest BCUT2D eigenvalue weighted by molar-refractivity contribution is 6.21. The van der Waals surface area contributed by atoms with E-state index in [2.05, 4.69) is 5.43 Å². The number of hydrogen-bond acceptors (Lipinski definition) is 4. The Labute approximate surface area is 109 Å². The fourth-order valence-electron chi connectivity index (χ4n) is 1.89. The predicted octanol–water partition coefficient (Wildman–Crippen LogP) is 1.33. The van der Waals surface area contributed by atoms with E-state index in [4.69, 9.17) is 4.74 Å². The molecule has 1 saturated carbocycles. The van der Waals surface area contributed by atoms with Crippen LogP contribution in [0.5, 0.6) is 0 Å². The van der Waals surface area contributed by atoms with E-state index in [1.54, 1.807) is 24.3 Å². The second-order valence-electron chi connectivity index (χ2n) is 4.64. The first-order chi connectivity index (χ1) is 9.16. The summed E-state index contributed by atoms with van der Waals surface area (Å²) in [4.78, 5) is 35.3. The Morgan fingerprint density at radius 2 is 1.79 bits per heavy atom. The van der Waals surface area contributed by atoms with Crippen molar-refractivity contribution in [2.45, 2.75) is 12.8 Å². The van der Waals surface area contributed by atoms with Crippen LogP contribution in [0.1, 0.15) is 33.6 Å². The van der Waals surface area contributed by atoms with E-state index in [0.717, 1.165) is 12.8 Å². The normalized spacial score (nSPS) is 17.4. The third-order valence-electron chi connectivity index (χ3n) is 3.14. The molecular weight excluding hydrogens is 248 g/mol. The fourth-order valence-corrected chi connectivity index (χ4v) is 1.89. The molecular formula is C13H12N2O4. The number of imide groups is 1. The number of ether oxygens (including phenoxy) is 1. The quantitative estimate of drug-likeness (QED) is 0.832. The van der Waals surface area contributed by atoms with Gasteiger partial charge in [-0.2, -0.15) is 5.01 Å². The maximum absolute atomic E-state index is 11.9. The van der Waals surface area contributed by atoms with Crippen molar-refractivity contribution in [3.63, 3.8) is 0 Å². The largest absolute Gasteiger partial charge is 0.448 e. The lowest BCUT2D eigenvalue weighted by molar-refractivity contribution is 0.0524. The summed E-state index contributed by atoms with van der Waals surface area (Å²) in [6, 6.07) is 6.43. The van der Waals surface area contributed by atoms with Gasteiger partial charge >= 0.3 is 6.09 Å². The molecule has 6 nitrogen and oxygen atoms in total. The summed E-state index contributed by atoms with van der Waals surface area (Å²) < 4.78 is 4.93. The van der Waals surface area contributed by atoms with E-state index in [0.29, 0.717) is 17.5 Å². The molecule has 0 spiro atoms. The molecule has 0 bridgehead atoms. The first-order valence-electron chi connectivity index (χ1n) is 6.08. The Morgan fingerprint density at radius 3 is 2.32 bits per heavy atom. The standard InChI is InChI=1S/C13H12N2O4/c16-11-9-3-1-2-4-10(9)12(17)15(11)14-13(18)19-7-8-5-6-8/h1-4,8H,5-7H2,(H,14,18). The molecule has 0 saturated heterocycles. The van der Waals surface area contributed by atoms with E-state index < -0.39 is 17.9 Å². The van der Waals surface area contributed by atoms with Crippen LogP contribution in [-0.4, -0.2) is 29.5 Å². The number of hydrazine groups is 1. The van der Waals surface area contributed by atoms with Gasteiger partial charge < -0.3 is 4.74 Å². The molecule has 1 heterocycles. The number of carbonyl (C=O) groups excluding carboxylic acids is 3. The number of rotatable bonds is 3. The molecule has 2 aliphatic rings. The van der Waals surface area contributed by atoms with Crippen molar-refractivity contribution in [2.24, 2.45) is 5.92 Å². The molecule has 6 heteroatoms. The van der Waals surface area contributed by atoms with E-state index in [1.807, 2.05) is 0 Å². The number of fused-ring (bicyclic) bond motifs is 1. The van der Waals surface area contributed by atoms with Crippen molar-refractivity contribution in [2.75, 3.05) is 6.61 Å². The summed E-state index contributed by atoms with van der Waals surface area (Å²) >= 11 is 0. The monoisotopic (exact) mass is 260 g/mol. The Hall–Kier alpha value is -2.37. The summed E-state index contributed by atoms with van der Waals surface area (Å²) in [5.41, 5.74) is 2.76. The number of carbonyl (C=O) groups is 3. The van der Waals surface area contributed by atoms with E-state index in [-0.39, 0.29) is 11.1 Å². The average Bonchev–Trinajstić information content (AvgIpc) is 3.22. The van der Waals surface area contributed by atoms with Gasteiger partial charge in [-0.25, -0.2) is 10.2 Å². The molecule has 3 rings (SSSR count). The van der Waals surface area contributed by atoms with Gasteiger partial charge in [-0.3, -0.25) is 9.59 Å². The zero-order valence-electron chi connectivity index (χ0n) is 10.1. The lowest BCUT2D eigenvalue weighted by Crippen LogP contribution is -2.46. The number of benzene rings is 1. The topological polar surface area (TPSA) is 75.7 Å². The molecule has 0 atom stereocenters. The molecule has 1 aromatic carbocycles. The van der Waals surface area contributed by atoms with Crippen molar-refractivity contribution in [3.8, 4) is 0 Å². The zero-order chi connectivity index (χ0) is 13.4. The van der Waals surface area contributed by atoms with Crippen molar-refractivity contribution in [1.29, 1.82) is 0 Å². The van der Waals surface area contributed by atoms with Gasteiger partial charge in [-0.05, 0) is 30.9 Å². The molecule has 1 aliphatic heterocycles. The lowest BCUT2D eigenvalue weighted by Gasteiger charge is -2.14. The van der Waals surface area contributed by atoms with Crippen LogP contribution in [0.3, 0.4) is 0 Å². The molecule has 1 aliphatic carbocycles. The maximum Gasteiger partial charge on any atom is 0.426 e. The summed E-state index contributed by atoms with van der Waals surface area (Å²) in [5, 5.41) is 0.694. The Balaban J connectivity index is 1.67. The molecule has 19 heavy (non-hydrogen) atoms. The minimum atomic E-state index is -0.776. The molecule has 0 unspecified atom stereocenters. The van der Waals surface area contributed by atoms with Crippen LogP contribution in [0.15, 0.2) is 24.3 Å². The number of nitrogens with one attached hydrogen (secondary N) is 1. The van der Waals surface area contributed by atoms with Crippen LogP contribution in [0.2, 0.25) is 0 Å². The molecule has 0 radical (unpaired) electrons. The van der Waals surface area contributed by atoms with Crippen LogP contribution in [-0.2, 0) is 4.74 Å². The van der Waals surface area contributed by atoms with Gasteiger partial charge in [0.05, 0.1) is 17.7 Å². The van der Waals surface area contributed by atoms with E-state index in [9.17, 15) is 14.4 Å². The lowest BCUT2D eigenvalue weighted by atomic mass is 10.1. The van der Waals surface area contributed by atoms with Gasteiger partial charge in [-0.15, -0.1) is 0 Å². The van der Waals surface area contributed by atoms with Crippen LogP contribution in [0.25, 0.3) is 0 Å². The SMILES string of the molecule is O=C(NN1C(=O)c2ccccc2C1=O)OCC1CC1. The van der Waals surface area contributed by atoms with Gasteiger partial charge in [0, 0.05) is 0 Å². The molecule has 0 aromatic heterocycles. The van der Waals surface area contributed by atoms with Crippen molar-refractivity contribution < 1.29 is 19.1 Å². The molecule has 1 N–H and O–H groups in total. The van der Waals surface area contributed by atoms with Gasteiger partial charge in [-0.1, -0.05) is 12.1 Å². The second kappa shape index (κ2) is 4.38. The van der Waals surface area contributed by atoms with Crippen LogP contribution < -0.4 is 5.43 Å². The van der Waals surface area contributed by atoms with Crippen molar-refractivity contribution in [3.05, 3.63) is 35.4 Å². The smallest absolute Gasteiger partial charge is 0.426 e. The fraction of sp³-hybridized carbons (Fsp3) is 0.308. The van der Waals surface area contributed by atoms with Crippen molar-refractivity contribution >= 4 is 17.9 Å². The Kier molecular flexibility index (Phi) is 2.70. The van der Waals surface area contributed by atoms with E-state index >= 15 is 0 Å². The van der Waals surface area contributed by atoms with E-state index in [1.165, 1.54) is 0 Å². The highest BCUT2D eigenvalue weighted by atomic mass is 16.6. The van der Waals surface area contributed by atoms with Gasteiger partial charge in [0.2, 0.25) is 0 Å². The Bertz CT molecular complexity index is 531. The van der Waals surface area contributed by atoms with Crippen LogP contribution in [0.4, 0.5) is 4.79 Å². The van der Waals surface area contributed by atoms with Crippen molar-refractivity contribution in [1.82, 2.24) is 10.4 Å². The van der Waals surface area contributed by atoms with Gasteiger partial charge in [0.1, 0.15) is 0 Å². The first-order valence-corrected chi connectivity index (χ1v) is 6.08. The summed E-state index contributed by atoms with van der Waals surface area (Å²) in [7, 11) is 0. The molecule has 3 amide bonds. The molecule has 1 aromatic rings. The molecule has 1 fully saturated rings. The third kappa shape index (κ3) is 2.16. The second-order valence-corrected chi connectivity index (χ2v) is 4.64. The number of nitrogens with zero attached hydrogens (tertiary/aromatic N) is 1. The number of hydrogen-bond donors (Lipinski definition) is 1.